The molecule has 0 aliphatic rings. The normalized spacial score (nSPS) is 12.4. The molecule has 0 saturated heterocycles. The molecular weight excluding hydrogens is 602 g/mol. The van der Waals surface area contributed by atoms with E-state index in [1.165, 1.54) is 25.3 Å². The number of carboxylic acid groups (broad SMARTS) is 1. The third kappa shape index (κ3) is 8.80. The van der Waals surface area contributed by atoms with Crippen molar-refractivity contribution in [1.82, 2.24) is 4.57 Å². The number of hydrogen-bond donors (Lipinski definition) is 4. The summed E-state index contributed by atoms with van der Waals surface area (Å²) in [6, 6.07) is 21.1. The van der Waals surface area contributed by atoms with Crippen molar-refractivity contribution in [3.63, 3.8) is 0 Å². The quantitative estimate of drug-likeness (QED) is 0.138. The number of nitrogens with zero attached hydrogens (tertiary/aromatic N) is 1. The Kier molecular flexibility index (Phi) is 13.0. The van der Waals surface area contributed by atoms with Gasteiger partial charge in [-0.1, -0.05) is 48.5 Å². The third-order valence-electron chi connectivity index (χ3n) is 7.13. The number of carbonyl (C=O) groups excluding carboxylic acids is 2. The number of aliphatic hydroxyl groups excluding tert-OH is 2. The molecule has 2 unspecified atom stereocenters. The Balaban J connectivity index is 0.00000384. The van der Waals surface area contributed by atoms with Gasteiger partial charge in [-0.25, -0.2) is 9.18 Å². The fraction of sp³-hybridized carbons (Fsp3) is 0.229. The number of esters is 1. The third-order valence-corrected chi connectivity index (χ3v) is 7.13. The van der Waals surface area contributed by atoms with E-state index < -0.39 is 42.3 Å². The number of methoxy groups -OCH3 is 1. The number of nitrogens with one attached hydrogen (secondary N) is 1. The van der Waals surface area contributed by atoms with Crippen molar-refractivity contribution in [2.75, 3.05) is 12.4 Å². The van der Waals surface area contributed by atoms with Crippen LogP contribution in [0.2, 0.25) is 0 Å². The molecule has 236 valence electrons. The van der Waals surface area contributed by atoms with E-state index in [-0.39, 0.29) is 43.4 Å². The molecule has 0 bridgehead atoms. The van der Waals surface area contributed by atoms with Crippen molar-refractivity contribution in [2.24, 2.45) is 0 Å². The first kappa shape index (κ1) is 36.4. The van der Waals surface area contributed by atoms with Crippen molar-refractivity contribution in [2.45, 2.75) is 44.9 Å². The van der Waals surface area contributed by atoms with Gasteiger partial charge in [0.25, 0.3) is 5.91 Å². The van der Waals surface area contributed by atoms with Gasteiger partial charge in [0.2, 0.25) is 0 Å². The van der Waals surface area contributed by atoms with Crippen LogP contribution >= 0.6 is 0 Å². The standard InChI is InChI=1S/C35H35FN2O7.Na.H/c1-21(2)38-29(18-17-27(39)19-28(40)20-30(41)42)31(23-9-13-25(36)14-10-23)32(22-7-5-4-6-8-22)33(38)34(43)37-26-15-11-24(12-16-26)35(44)45-3;;/h4-18,21,27-28,39-40H,19-20H2,1-3H3,(H,37,43)(H,41,42);;/q;+1;-1/b18-17+;;. The molecule has 0 aliphatic carbocycles. The van der Waals surface area contributed by atoms with Crippen molar-refractivity contribution in [3.8, 4) is 22.3 Å². The number of aromatic nitrogens is 1. The molecule has 0 aliphatic heterocycles. The minimum Gasteiger partial charge on any atom is -1.00 e. The van der Waals surface area contributed by atoms with Gasteiger partial charge in [-0.15, -0.1) is 0 Å². The maximum absolute atomic E-state index is 14.2. The van der Waals surface area contributed by atoms with Gasteiger partial charge in [-0.3, -0.25) is 9.59 Å². The number of amides is 1. The van der Waals surface area contributed by atoms with E-state index >= 15 is 0 Å². The SMILES string of the molecule is COC(=O)c1ccc(NC(=O)c2c(-c3ccccc3)c(-c3ccc(F)cc3)c(/C=C/C(O)CC(O)CC(=O)O)n2C(C)C)cc1.[H-].[Na+]. The molecule has 9 nitrogen and oxygen atoms in total. The Labute approximate surface area is 290 Å². The zero-order valence-electron chi connectivity index (χ0n) is 27.1. The van der Waals surface area contributed by atoms with Crippen LogP contribution < -0.4 is 34.9 Å². The topological polar surface area (TPSA) is 138 Å². The summed E-state index contributed by atoms with van der Waals surface area (Å²) in [5.41, 5.74) is 4.10. The predicted octanol–water partition coefficient (Wildman–Crippen LogP) is 3.30. The van der Waals surface area contributed by atoms with Crippen molar-refractivity contribution in [1.29, 1.82) is 0 Å². The van der Waals surface area contributed by atoms with Crippen LogP contribution in [0.5, 0.6) is 0 Å². The van der Waals surface area contributed by atoms with Crippen molar-refractivity contribution >= 4 is 29.6 Å². The Morgan fingerprint density at radius 2 is 1.54 bits per heavy atom. The Morgan fingerprint density at radius 1 is 0.935 bits per heavy atom. The molecule has 4 N–H and O–H groups in total. The first-order valence-corrected chi connectivity index (χ1v) is 14.4. The number of benzene rings is 3. The van der Waals surface area contributed by atoms with E-state index in [0.717, 1.165) is 5.56 Å². The maximum atomic E-state index is 14.2. The number of halogens is 1. The second kappa shape index (κ2) is 16.5. The Bertz CT molecular complexity index is 1690. The summed E-state index contributed by atoms with van der Waals surface area (Å²) in [4.78, 5) is 37.1. The van der Waals surface area contributed by atoms with E-state index in [1.54, 1.807) is 42.5 Å². The zero-order valence-corrected chi connectivity index (χ0v) is 28.1. The summed E-state index contributed by atoms with van der Waals surface area (Å²) in [6.45, 7) is 3.80. The van der Waals surface area contributed by atoms with E-state index in [0.29, 0.717) is 39.3 Å². The minimum absolute atomic E-state index is 0. The second-order valence-electron chi connectivity index (χ2n) is 10.8. The number of hydrogen-bond acceptors (Lipinski definition) is 6. The first-order valence-electron chi connectivity index (χ1n) is 14.4. The van der Waals surface area contributed by atoms with Gasteiger partial charge in [0.15, 0.2) is 0 Å². The van der Waals surface area contributed by atoms with E-state index in [4.69, 9.17) is 9.84 Å². The van der Waals surface area contributed by atoms with Crippen LogP contribution in [0.1, 0.15) is 60.7 Å². The average Bonchev–Trinajstić information content (AvgIpc) is 3.36. The molecule has 11 heteroatoms. The van der Waals surface area contributed by atoms with Crippen LogP contribution in [0.3, 0.4) is 0 Å². The van der Waals surface area contributed by atoms with Crippen LogP contribution in [0.4, 0.5) is 10.1 Å². The van der Waals surface area contributed by atoms with Gasteiger partial charge in [0.05, 0.1) is 31.3 Å². The van der Waals surface area contributed by atoms with Gasteiger partial charge in [0, 0.05) is 35.0 Å². The van der Waals surface area contributed by atoms with Crippen LogP contribution in [0.15, 0.2) is 84.9 Å². The molecule has 0 saturated carbocycles. The fourth-order valence-corrected chi connectivity index (χ4v) is 5.17. The Hall–Kier alpha value is -4.06. The molecule has 4 rings (SSSR count). The van der Waals surface area contributed by atoms with Crippen LogP contribution in [-0.4, -0.2) is 57.1 Å². The molecule has 1 aromatic heterocycles. The minimum atomic E-state index is -1.26. The van der Waals surface area contributed by atoms with Gasteiger partial charge in [0.1, 0.15) is 11.5 Å². The predicted molar refractivity (Wildman–Crippen MR) is 170 cm³/mol. The zero-order chi connectivity index (χ0) is 32.7. The second-order valence-corrected chi connectivity index (χ2v) is 10.8. The molecular formula is C35H36FN2NaO7. The number of anilines is 1. The summed E-state index contributed by atoms with van der Waals surface area (Å²) in [5, 5.41) is 32.7. The number of aliphatic hydroxyl groups is 2. The average molecular weight is 639 g/mol. The number of rotatable bonds is 12. The molecule has 0 radical (unpaired) electrons. The monoisotopic (exact) mass is 638 g/mol. The molecule has 0 fully saturated rings. The molecule has 1 heterocycles. The largest absolute Gasteiger partial charge is 1.00 e. The van der Waals surface area contributed by atoms with E-state index in [9.17, 15) is 29.0 Å². The van der Waals surface area contributed by atoms with Crippen molar-refractivity contribution < 1.29 is 69.8 Å². The molecule has 3 aromatic carbocycles. The summed E-state index contributed by atoms with van der Waals surface area (Å²) >= 11 is 0. The van der Waals surface area contributed by atoms with Gasteiger partial charge in [-0.2, -0.15) is 0 Å². The smallest absolute Gasteiger partial charge is 1.00 e. The first-order chi connectivity index (χ1) is 21.5. The van der Waals surface area contributed by atoms with E-state index in [1.807, 2.05) is 48.7 Å². The van der Waals surface area contributed by atoms with Crippen LogP contribution in [-0.2, 0) is 9.53 Å². The summed E-state index contributed by atoms with van der Waals surface area (Å²) in [6.07, 6.45) is -0.113. The van der Waals surface area contributed by atoms with E-state index in [2.05, 4.69) is 5.32 Å². The van der Waals surface area contributed by atoms with Gasteiger partial charge in [-0.05, 0) is 67.4 Å². The molecule has 2 atom stereocenters. The number of carboxylic acids is 1. The number of ether oxygens (including phenoxy) is 1. The van der Waals surface area contributed by atoms with Crippen molar-refractivity contribution in [3.05, 3.63) is 108 Å². The molecule has 4 aromatic rings. The molecule has 46 heavy (non-hydrogen) atoms. The summed E-state index contributed by atoms with van der Waals surface area (Å²) in [5.74, 6) is -2.58. The molecule has 1 amide bonds. The molecule has 0 spiro atoms. The van der Waals surface area contributed by atoms with Gasteiger partial charge < -0.3 is 31.4 Å². The summed E-state index contributed by atoms with van der Waals surface area (Å²) in [7, 11) is 1.28. The van der Waals surface area contributed by atoms with Crippen LogP contribution in [0, 0.1) is 5.82 Å². The van der Waals surface area contributed by atoms with Crippen LogP contribution in [0.25, 0.3) is 28.3 Å². The Morgan fingerprint density at radius 3 is 2.11 bits per heavy atom. The maximum Gasteiger partial charge on any atom is 1.00 e. The number of aliphatic carboxylic acids is 1. The fourth-order valence-electron chi connectivity index (χ4n) is 5.17. The van der Waals surface area contributed by atoms with Gasteiger partial charge >= 0.3 is 41.5 Å². The number of carbonyl (C=O) groups is 3. The summed E-state index contributed by atoms with van der Waals surface area (Å²) < 4.78 is 20.6.